The molecular formula is C27H31ClN6O4. The number of carbonyl (C=O) groups excluding carboxylic acids is 3. The van der Waals surface area contributed by atoms with E-state index in [9.17, 15) is 19.6 Å². The number of nitriles is 1. The molecule has 3 aliphatic rings. The smallest absolute Gasteiger partial charge is 0.407 e. The molecule has 3 amide bonds. The second kappa shape index (κ2) is 10.3. The number of nitrogens with one attached hydrogen (secondary N) is 3. The predicted octanol–water partition coefficient (Wildman–Crippen LogP) is 4.72. The third-order valence-electron chi connectivity index (χ3n) is 7.84. The van der Waals surface area contributed by atoms with Crippen molar-refractivity contribution in [3.8, 4) is 6.07 Å². The van der Waals surface area contributed by atoms with Gasteiger partial charge in [0, 0.05) is 36.2 Å². The summed E-state index contributed by atoms with van der Waals surface area (Å²) < 4.78 is 5.60. The minimum Gasteiger partial charge on any atom is -0.446 e. The highest BCUT2D eigenvalue weighted by atomic mass is 35.5. The van der Waals surface area contributed by atoms with Crippen molar-refractivity contribution < 1.29 is 19.1 Å². The molecule has 2 heterocycles. The van der Waals surface area contributed by atoms with Crippen LogP contribution < -0.4 is 15.5 Å². The van der Waals surface area contributed by atoms with Crippen molar-refractivity contribution >= 4 is 41.0 Å². The molecule has 38 heavy (non-hydrogen) atoms. The molecule has 3 fully saturated rings. The number of nitrogens with zero attached hydrogens (tertiary/aromatic N) is 3. The van der Waals surface area contributed by atoms with Gasteiger partial charge in [-0.25, -0.2) is 4.79 Å². The van der Waals surface area contributed by atoms with Gasteiger partial charge in [-0.3, -0.25) is 14.7 Å². The Labute approximate surface area is 226 Å². The number of hydrogen-bond acceptors (Lipinski definition) is 6. The third kappa shape index (κ3) is 5.34. The van der Waals surface area contributed by atoms with Gasteiger partial charge in [-0.1, -0.05) is 17.7 Å². The van der Waals surface area contributed by atoms with Crippen LogP contribution in [-0.2, 0) is 14.3 Å². The SMILES string of the molecule is CC(C(=O)Nc1cc([C@H]2CC[C@@H](OC(=O)NC3(C)CC3)C2)[nH]n1)c1ccc(N2CCCC2=O)c(C#N)c1Cl. The largest absolute Gasteiger partial charge is 0.446 e. The molecule has 5 rings (SSSR count). The molecule has 11 heteroatoms. The highest BCUT2D eigenvalue weighted by Gasteiger charge is 2.40. The molecule has 1 saturated heterocycles. The first-order chi connectivity index (χ1) is 18.2. The number of anilines is 2. The predicted molar refractivity (Wildman–Crippen MR) is 141 cm³/mol. The minimum absolute atomic E-state index is 0.0403. The zero-order valence-electron chi connectivity index (χ0n) is 21.5. The Morgan fingerprint density at radius 1 is 1.34 bits per heavy atom. The van der Waals surface area contributed by atoms with Crippen molar-refractivity contribution in [1.29, 1.82) is 5.26 Å². The summed E-state index contributed by atoms with van der Waals surface area (Å²) in [5.41, 5.74) is 1.93. The summed E-state index contributed by atoms with van der Waals surface area (Å²) in [4.78, 5) is 38.9. The number of alkyl carbamates (subject to hydrolysis) is 1. The fraction of sp³-hybridized carbons (Fsp3) is 0.519. The molecule has 2 aliphatic carbocycles. The molecule has 1 aromatic heterocycles. The Bertz CT molecular complexity index is 1310. The molecular weight excluding hydrogens is 508 g/mol. The Morgan fingerprint density at radius 2 is 2.13 bits per heavy atom. The molecule has 3 atom stereocenters. The van der Waals surface area contributed by atoms with E-state index < -0.39 is 5.92 Å². The Kier molecular flexibility index (Phi) is 7.05. The van der Waals surface area contributed by atoms with Gasteiger partial charge < -0.3 is 20.3 Å². The van der Waals surface area contributed by atoms with E-state index in [1.165, 1.54) is 0 Å². The maximum Gasteiger partial charge on any atom is 0.407 e. The number of aromatic amines is 1. The summed E-state index contributed by atoms with van der Waals surface area (Å²) >= 11 is 6.56. The number of benzene rings is 1. The monoisotopic (exact) mass is 538 g/mol. The molecule has 1 aromatic carbocycles. The first kappa shape index (κ1) is 26.0. The molecule has 3 N–H and O–H groups in total. The second-order valence-electron chi connectivity index (χ2n) is 10.8. The van der Waals surface area contributed by atoms with Gasteiger partial charge in [0.05, 0.1) is 22.2 Å². The maximum absolute atomic E-state index is 13.0. The molecule has 0 bridgehead atoms. The highest BCUT2D eigenvalue weighted by Crippen LogP contribution is 2.38. The van der Waals surface area contributed by atoms with Crippen molar-refractivity contribution in [1.82, 2.24) is 15.5 Å². The molecule has 200 valence electrons. The number of ether oxygens (including phenoxy) is 1. The maximum atomic E-state index is 13.0. The van der Waals surface area contributed by atoms with Gasteiger partial charge in [0.2, 0.25) is 11.8 Å². The van der Waals surface area contributed by atoms with Crippen molar-refractivity contribution in [3.63, 3.8) is 0 Å². The summed E-state index contributed by atoms with van der Waals surface area (Å²) in [5.74, 6) is -0.489. The van der Waals surface area contributed by atoms with Gasteiger partial charge in [-0.15, -0.1) is 0 Å². The quantitative estimate of drug-likeness (QED) is 0.466. The van der Waals surface area contributed by atoms with Crippen LogP contribution in [0.25, 0.3) is 0 Å². The average molecular weight is 539 g/mol. The fourth-order valence-corrected chi connectivity index (χ4v) is 5.57. The third-order valence-corrected chi connectivity index (χ3v) is 8.24. The topological polar surface area (TPSA) is 140 Å². The minimum atomic E-state index is -0.658. The fourth-order valence-electron chi connectivity index (χ4n) is 5.21. The van der Waals surface area contributed by atoms with E-state index in [2.05, 4.69) is 26.9 Å². The number of halogens is 1. The zero-order chi connectivity index (χ0) is 27.0. The van der Waals surface area contributed by atoms with Gasteiger partial charge in [0.25, 0.3) is 0 Å². The summed E-state index contributed by atoms with van der Waals surface area (Å²) in [6, 6.07) is 7.28. The van der Waals surface area contributed by atoms with Crippen LogP contribution in [0.3, 0.4) is 0 Å². The van der Waals surface area contributed by atoms with Crippen molar-refractivity contribution in [3.05, 3.63) is 40.0 Å². The van der Waals surface area contributed by atoms with Gasteiger partial charge in [0.15, 0.2) is 5.82 Å². The Morgan fingerprint density at radius 3 is 2.82 bits per heavy atom. The molecule has 1 unspecified atom stereocenters. The average Bonchev–Trinajstić information content (AvgIpc) is 3.28. The van der Waals surface area contributed by atoms with E-state index in [1.807, 2.05) is 6.92 Å². The highest BCUT2D eigenvalue weighted by molar-refractivity contribution is 6.33. The number of rotatable bonds is 7. The van der Waals surface area contributed by atoms with E-state index in [0.717, 1.165) is 37.8 Å². The number of amides is 3. The number of hydrogen-bond donors (Lipinski definition) is 3. The number of aromatic nitrogens is 2. The molecule has 2 saturated carbocycles. The first-order valence-corrected chi connectivity index (χ1v) is 13.4. The van der Waals surface area contributed by atoms with Gasteiger partial charge in [0.1, 0.15) is 12.2 Å². The van der Waals surface area contributed by atoms with Crippen LogP contribution in [0.4, 0.5) is 16.3 Å². The van der Waals surface area contributed by atoms with E-state index in [1.54, 1.807) is 30.0 Å². The van der Waals surface area contributed by atoms with E-state index >= 15 is 0 Å². The van der Waals surface area contributed by atoms with Crippen molar-refractivity contribution in [2.24, 2.45) is 0 Å². The lowest BCUT2D eigenvalue weighted by atomic mass is 9.97. The lowest BCUT2D eigenvalue weighted by Crippen LogP contribution is -2.36. The van der Waals surface area contributed by atoms with E-state index in [0.29, 0.717) is 36.5 Å². The van der Waals surface area contributed by atoms with Gasteiger partial charge >= 0.3 is 6.09 Å². The van der Waals surface area contributed by atoms with Crippen LogP contribution in [0.15, 0.2) is 18.2 Å². The van der Waals surface area contributed by atoms with Crippen LogP contribution in [-0.4, -0.2) is 46.3 Å². The number of carbonyl (C=O) groups is 3. The van der Waals surface area contributed by atoms with Crippen LogP contribution in [0.5, 0.6) is 0 Å². The van der Waals surface area contributed by atoms with Crippen LogP contribution in [0.1, 0.15) is 87.4 Å². The second-order valence-corrected chi connectivity index (χ2v) is 11.1. The van der Waals surface area contributed by atoms with Crippen molar-refractivity contribution in [2.75, 3.05) is 16.8 Å². The van der Waals surface area contributed by atoms with Crippen molar-refractivity contribution in [2.45, 2.75) is 82.3 Å². The van der Waals surface area contributed by atoms with Crippen LogP contribution in [0.2, 0.25) is 5.02 Å². The van der Waals surface area contributed by atoms with E-state index in [4.69, 9.17) is 16.3 Å². The summed E-state index contributed by atoms with van der Waals surface area (Å²) in [6.07, 6.45) is 4.93. The van der Waals surface area contributed by atoms with E-state index in [-0.39, 0.29) is 46.1 Å². The molecule has 0 radical (unpaired) electrons. The summed E-state index contributed by atoms with van der Waals surface area (Å²) in [7, 11) is 0. The summed E-state index contributed by atoms with van der Waals surface area (Å²) in [5, 5.41) is 22.9. The Hall–Kier alpha value is -3.58. The standard InChI is InChI=1S/C27H31ClN6O4/c1-15(18-7-8-21(19(14-29)24(18)28)34-11-3-4-23(34)35)25(36)30-22-13-20(32-33-22)16-5-6-17(12-16)38-26(37)31-27(2)9-10-27/h7-8,13,15-17H,3-6,9-12H2,1-2H3,(H,31,37)(H2,30,32,33,36)/t15?,16-,17+/m0/s1. The van der Waals surface area contributed by atoms with Gasteiger partial charge in [-0.05, 0) is 64.0 Å². The lowest BCUT2D eigenvalue weighted by molar-refractivity contribution is -0.118. The lowest BCUT2D eigenvalue weighted by Gasteiger charge is -2.20. The molecule has 2 aromatic rings. The van der Waals surface area contributed by atoms with Gasteiger partial charge in [-0.2, -0.15) is 10.4 Å². The Balaban J connectivity index is 1.20. The normalized spacial score (nSPS) is 22.6. The zero-order valence-corrected chi connectivity index (χ0v) is 22.2. The molecule has 10 nitrogen and oxygen atoms in total. The number of H-pyrrole nitrogens is 1. The summed E-state index contributed by atoms with van der Waals surface area (Å²) in [6.45, 7) is 4.26. The molecule has 1 aliphatic heterocycles. The first-order valence-electron chi connectivity index (χ1n) is 13.1. The van der Waals surface area contributed by atoms with Crippen LogP contribution in [0, 0.1) is 11.3 Å². The van der Waals surface area contributed by atoms with Crippen LogP contribution >= 0.6 is 11.6 Å². The molecule has 0 spiro atoms.